The minimum absolute atomic E-state index is 0.291. The number of pyridine rings is 1. The van der Waals surface area contributed by atoms with Crippen LogP contribution in [0.2, 0.25) is 0 Å². The predicted octanol–water partition coefficient (Wildman–Crippen LogP) is 4.33. The largest absolute Gasteiger partial charge is 0.503 e. The Morgan fingerprint density at radius 3 is 2.10 bits per heavy atom. The van der Waals surface area contributed by atoms with E-state index >= 15 is 0 Å². The zero-order chi connectivity index (χ0) is 14.8. The van der Waals surface area contributed by atoms with E-state index in [0.29, 0.717) is 18.6 Å². The fourth-order valence-electron chi connectivity index (χ4n) is 3.07. The van der Waals surface area contributed by atoms with Crippen LogP contribution >= 0.6 is 0 Å². The SMILES string of the molecule is Oc1ccc[n+](COC2CCCCCCCCCCC2)c1. The first-order valence-corrected chi connectivity index (χ1v) is 8.64. The molecule has 0 aromatic carbocycles. The summed E-state index contributed by atoms with van der Waals surface area (Å²) < 4.78 is 7.99. The Hall–Kier alpha value is -1.09. The number of rotatable bonds is 3. The van der Waals surface area contributed by atoms with Gasteiger partial charge in [-0.3, -0.25) is 0 Å². The first kappa shape index (κ1) is 16.3. The average Bonchev–Trinajstić information content (AvgIpc) is 2.47. The van der Waals surface area contributed by atoms with Crippen LogP contribution in [-0.2, 0) is 11.5 Å². The first-order valence-electron chi connectivity index (χ1n) is 8.64. The highest BCUT2D eigenvalue weighted by Gasteiger charge is 2.12. The molecule has 0 unspecified atom stereocenters. The van der Waals surface area contributed by atoms with Gasteiger partial charge in [0.05, 0.1) is 6.10 Å². The van der Waals surface area contributed by atoms with Crippen molar-refractivity contribution in [1.29, 1.82) is 0 Å². The Labute approximate surface area is 129 Å². The molecule has 1 N–H and O–H groups in total. The molecule has 2 rings (SSSR count). The zero-order valence-corrected chi connectivity index (χ0v) is 13.2. The Morgan fingerprint density at radius 2 is 1.52 bits per heavy atom. The number of ether oxygens (including phenoxy) is 1. The predicted molar refractivity (Wildman–Crippen MR) is 84.0 cm³/mol. The van der Waals surface area contributed by atoms with Gasteiger partial charge in [0.25, 0.3) is 6.73 Å². The van der Waals surface area contributed by atoms with Gasteiger partial charge in [0, 0.05) is 6.07 Å². The molecular formula is C18H30NO2+. The standard InChI is InChI=1S/C18H29NO2/c20-17-11-10-14-19(15-17)16-21-18-12-8-6-4-2-1-3-5-7-9-13-18/h10-11,14-15,18H,1-9,12-13,16H2/p+1. The summed E-state index contributed by atoms with van der Waals surface area (Å²) in [5.41, 5.74) is 0. The summed E-state index contributed by atoms with van der Waals surface area (Å²) in [6.07, 6.45) is 18.7. The van der Waals surface area contributed by atoms with E-state index in [1.54, 1.807) is 12.3 Å². The van der Waals surface area contributed by atoms with Crippen molar-refractivity contribution in [2.75, 3.05) is 0 Å². The molecule has 21 heavy (non-hydrogen) atoms. The smallest absolute Gasteiger partial charge is 0.253 e. The summed E-state index contributed by atoms with van der Waals surface area (Å²) in [5, 5.41) is 9.48. The van der Waals surface area contributed by atoms with E-state index in [-0.39, 0.29) is 0 Å². The summed E-state index contributed by atoms with van der Waals surface area (Å²) in [5.74, 6) is 0.291. The topological polar surface area (TPSA) is 33.3 Å². The Morgan fingerprint density at radius 1 is 0.952 bits per heavy atom. The van der Waals surface area contributed by atoms with Crippen molar-refractivity contribution in [2.45, 2.75) is 83.5 Å². The Kier molecular flexibility index (Phi) is 7.58. The molecule has 1 fully saturated rings. The lowest BCUT2D eigenvalue weighted by molar-refractivity contribution is -0.735. The van der Waals surface area contributed by atoms with Gasteiger partial charge < -0.3 is 9.84 Å². The molecule has 1 aromatic heterocycles. The molecule has 1 aliphatic rings. The summed E-state index contributed by atoms with van der Waals surface area (Å²) in [6, 6.07) is 3.53. The summed E-state index contributed by atoms with van der Waals surface area (Å²) in [7, 11) is 0. The van der Waals surface area contributed by atoms with E-state index in [4.69, 9.17) is 4.74 Å². The molecule has 1 heterocycles. The van der Waals surface area contributed by atoms with E-state index in [1.165, 1.54) is 70.6 Å². The Balaban J connectivity index is 1.77. The summed E-state index contributed by atoms with van der Waals surface area (Å²) in [6.45, 7) is 0.541. The van der Waals surface area contributed by atoms with Crippen molar-refractivity contribution in [2.24, 2.45) is 0 Å². The fourth-order valence-corrected chi connectivity index (χ4v) is 3.07. The van der Waals surface area contributed by atoms with Crippen LogP contribution in [0.15, 0.2) is 24.5 Å². The van der Waals surface area contributed by atoms with E-state index in [9.17, 15) is 5.11 Å². The second kappa shape index (κ2) is 9.78. The zero-order valence-electron chi connectivity index (χ0n) is 13.2. The Bertz CT molecular complexity index is 383. The molecule has 0 amide bonds. The second-order valence-electron chi connectivity index (χ2n) is 6.25. The molecule has 0 bridgehead atoms. The van der Waals surface area contributed by atoms with Crippen molar-refractivity contribution in [3.05, 3.63) is 24.5 Å². The van der Waals surface area contributed by atoms with Crippen LogP contribution in [0.4, 0.5) is 0 Å². The average molecular weight is 292 g/mol. The van der Waals surface area contributed by atoms with Gasteiger partial charge in [-0.1, -0.05) is 57.8 Å². The molecule has 1 aliphatic carbocycles. The van der Waals surface area contributed by atoms with Gasteiger partial charge in [-0.25, -0.2) is 0 Å². The van der Waals surface area contributed by atoms with Crippen molar-refractivity contribution >= 4 is 0 Å². The number of aromatic nitrogens is 1. The molecule has 0 spiro atoms. The molecule has 0 saturated heterocycles. The molecule has 118 valence electrons. The van der Waals surface area contributed by atoms with Crippen LogP contribution in [0.25, 0.3) is 0 Å². The molecule has 3 heteroatoms. The van der Waals surface area contributed by atoms with Gasteiger partial charge >= 0.3 is 0 Å². The molecule has 0 radical (unpaired) electrons. The van der Waals surface area contributed by atoms with Crippen molar-refractivity contribution in [3.63, 3.8) is 0 Å². The van der Waals surface area contributed by atoms with Gasteiger partial charge in [0.1, 0.15) is 0 Å². The number of nitrogens with zero attached hydrogens (tertiary/aromatic N) is 1. The maximum atomic E-state index is 9.48. The molecule has 0 atom stereocenters. The molecule has 0 aliphatic heterocycles. The summed E-state index contributed by atoms with van der Waals surface area (Å²) >= 11 is 0. The van der Waals surface area contributed by atoms with Crippen LogP contribution in [0, 0.1) is 0 Å². The second-order valence-corrected chi connectivity index (χ2v) is 6.25. The van der Waals surface area contributed by atoms with Crippen LogP contribution in [0.5, 0.6) is 5.75 Å². The molecule has 3 nitrogen and oxygen atoms in total. The van der Waals surface area contributed by atoms with Crippen molar-refractivity contribution in [1.82, 2.24) is 0 Å². The molecule has 1 saturated carbocycles. The lowest BCUT2D eigenvalue weighted by Gasteiger charge is -2.17. The fraction of sp³-hybridized carbons (Fsp3) is 0.722. The normalized spacial score (nSPS) is 19.6. The van der Waals surface area contributed by atoms with Gasteiger partial charge in [0.2, 0.25) is 6.20 Å². The lowest BCUT2D eigenvalue weighted by Crippen LogP contribution is -2.36. The number of hydrogen-bond donors (Lipinski definition) is 1. The highest BCUT2D eigenvalue weighted by molar-refractivity contribution is 5.09. The van der Waals surface area contributed by atoms with E-state index in [2.05, 4.69) is 0 Å². The maximum Gasteiger partial charge on any atom is 0.253 e. The van der Waals surface area contributed by atoms with Gasteiger partial charge in [-0.2, -0.15) is 4.57 Å². The van der Waals surface area contributed by atoms with Gasteiger partial charge in [0.15, 0.2) is 11.9 Å². The molecule has 1 aromatic rings. The van der Waals surface area contributed by atoms with Crippen LogP contribution in [0.1, 0.15) is 70.6 Å². The lowest BCUT2D eigenvalue weighted by atomic mass is 9.99. The first-order chi connectivity index (χ1) is 10.3. The highest BCUT2D eigenvalue weighted by atomic mass is 16.5. The van der Waals surface area contributed by atoms with Crippen LogP contribution < -0.4 is 4.57 Å². The number of aromatic hydroxyl groups is 1. The third-order valence-corrected chi connectivity index (χ3v) is 4.35. The van der Waals surface area contributed by atoms with Crippen LogP contribution in [-0.4, -0.2) is 11.2 Å². The van der Waals surface area contributed by atoms with E-state index < -0.39 is 0 Å². The summed E-state index contributed by atoms with van der Waals surface area (Å²) in [4.78, 5) is 0. The minimum Gasteiger partial charge on any atom is -0.503 e. The maximum absolute atomic E-state index is 9.48. The minimum atomic E-state index is 0.291. The quantitative estimate of drug-likeness (QED) is 0.841. The van der Waals surface area contributed by atoms with Crippen LogP contribution in [0.3, 0.4) is 0 Å². The number of hydrogen-bond acceptors (Lipinski definition) is 2. The third-order valence-electron chi connectivity index (χ3n) is 4.35. The van der Waals surface area contributed by atoms with E-state index in [0.717, 1.165) is 0 Å². The van der Waals surface area contributed by atoms with Crippen molar-refractivity contribution in [3.8, 4) is 5.75 Å². The third kappa shape index (κ3) is 6.94. The van der Waals surface area contributed by atoms with Crippen molar-refractivity contribution < 1.29 is 14.4 Å². The molecular weight excluding hydrogens is 262 g/mol. The highest BCUT2D eigenvalue weighted by Crippen LogP contribution is 2.18. The monoisotopic (exact) mass is 292 g/mol. The van der Waals surface area contributed by atoms with E-state index in [1.807, 2.05) is 16.8 Å². The van der Waals surface area contributed by atoms with Gasteiger partial charge in [-0.05, 0) is 18.9 Å². The van der Waals surface area contributed by atoms with Gasteiger partial charge in [-0.15, -0.1) is 0 Å².